The fraction of sp³-hybridized carbons (Fsp3) is 0.500. The van der Waals surface area contributed by atoms with Crippen LogP contribution in [0.5, 0.6) is 0 Å². The molecule has 0 N–H and O–H groups in total. The van der Waals surface area contributed by atoms with Crippen molar-refractivity contribution in [2.24, 2.45) is 0 Å². The molecule has 0 fully saturated rings. The van der Waals surface area contributed by atoms with Gasteiger partial charge in [-0.05, 0) is 37.5 Å². The van der Waals surface area contributed by atoms with Gasteiger partial charge in [0.1, 0.15) is 5.78 Å². The lowest BCUT2D eigenvalue weighted by atomic mass is 10.1. The smallest absolute Gasteiger partial charge is 0.134 e. The maximum absolute atomic E-state index is 11.1. The van der Waals surface area contributed by atoms with Gasteiger partial charge in [0.15, 0.2) is 0 Å². The number of carbonyl (C=O) groups is 1. The predicted octanol–water partition coefficient (Wildman–Crippen LogP) is 3.35. The number of hydrogen-bond donors (Lipinski definition) is 0. The summed E-state index contributed by atoms with van der Waals surface area (Å²) in [5.74, 6) is 0.260. The maximum atomic E-state index is 11.1. The van der Waals surface area contributed by atoms with Crippen LogP contribution in [0.1, 0.15) is 43.1 Å². The van der Waals surface area contributed by atoms with Gasteiger partial charge in [-0.15, -0.1) is 0 Å². The highest BCUT2D eigenvalue weighted by Gasteiger charge is 2.00. The zero-order valence-corrected chi connectivity index (χ0v) is 11.9. The number of aromatic nitrogens is 1. The summed E-state index contributed by atoms with van der Waals surface area (Å²) in [4.78, 5) is 15.6. The van der Waals surface area contributed by atoms with Crippen LogP contribution in [0.4, 0.5) is 0 Å². The third-order valence-electron chi connectivity index (χ3n) is 2.91. The molecule has 0 aliphatic heterocycles. The summed E-state index contributed by atoms with van der Waals surface area (Å²) in [7, 11) is 0. The first-order valence-corrected chi connectivity index (χ1v) is 6.85. The van der Waals surface area contributed by atoms with Crippen molar-refractivity contribution in [3.63, 3.8) is 0 Å². The number of carbonyl (C=O) groups excluding carboxylic acids is 1. The third-order valence-corrected chi connectivity index (χ3v) is 2.91. The van der Waals surface area contributed by atoms with Gasteiger partial charge in [-0.3, -0.25) is 9.78 Å². The van der Waals surface area contributed by atoms with Crippen LogP contribution in [-0.2, 0) is 16.0 Å². The van der Waals surface area contributed by atoms with Crippen molar-refractivity contribution in [1.82, 2.24) is 4.98 Å². The van der Waals surface area contributed by atoms with Gasteiger partial charge >= 0.3 is 0 Å². The molecule has 0 radical (unpaired) electrons. The third kappa shape index (κ3) is 6.30. The molecule has 0 amide bonds. The summed E-state index contributed by atoms with van der Waals surface area (Å²) in [5.41, 5.74) is 3.20. The Hall–Kier alpha value is -1.48. The van der Waals surface area contributed by atoms with Crippen molar-refractivity contribution in [1.29, 1.82) is 0 Å². The largest absolute Gasteiger partial charge is 0.381 e. The molecule has 0 aliphatic rings. The number of hydrogen-bond acceptors (Lipinski definition) is 3. The molecule has 19 heavy (non-hydrogen) atoms. The highest BCUT2D eigenvalue weighted by atomic mass is 16.5. The van der Waals surface area contributed by atoms with Crippen LogP contribution in [0.15, 0.2) is 18.7 Å². The Morgan fingerprint density at radius 1 is 1.42 bits per heavy atom. The van der Waals surface area contributed by atoms with Gasteiger partial charge in [0.25, 0.3) is 0 Å². The van der Waals surface area contributed by atoms with Gasteiger partial charge < -0.3 is 4.74 Å². The van der Waals surface area contributed by atoms with Crippen molar-refractivity contribution in [2.45, 2.75) is 39.5 Å². The van der Waals surface area contributed by atoms with E-state index in [1.54, 1.807) is 0 Å². The molecule has 0 saturated heterocycles. The highest BCUT2D eigenvalue weighted by molar-refractivity contribution is 5.78. The molecule has 0 saturated carbocycles. The second-order valence-corrected chi connectivity index (χ2v) is 4.60. The van der Waals surface area contributed by atoms with Gasteiger partial charge in [0.2, 0.25) is 0 Å². The van der Waals surface area contributed by atoms with Crippen LogP contribution in [0.25, 0.3) is 6.08 Å². The molecule has 1 rings (SSSR count). The second kappa shape index (κ2) is 8.59. The summed E-state index contributed by atoms with van der Waals surface area (Å²) in [6, 6.07) is 4.07. The number of ketones is 1. The minimum absolute atomic E-state index is 0.260. The zero-order valence-electron chi connectivity index (χ0n) is 11.9. The molecule has 0 unspecified atom stereocenters. The van der Waals surface area contributed by atoms with E-state index in [1.807, 2.05) is 26.0 Å². The Labute approximate surface area is 115 Å². The number of pyridine rings is 1. The minimum Gasteiger partial charge on any atom is -0.381 e. The van der Waals surface area contributed by atoms with Crippen molar-refractivity contribution in [2.75, 3.05) is 13.2 Å². The fourth-order valence-electron chi connectivity index (χ4n) is 1.83. The maximum Gasteiger partial charge on any atom is 0.134 e. The lowest BCUT2D eigenvalue weighted by Crippen LogP contribution is -2.05. The molecule has 0 spiro atoms. The summed E-state index contributed by atoms with van der Waals surface area (Å²) >= 11 is 0. The first-order valence-electron chi connectivity index (χ1n) is 6.85. The first-order chi connectivity index (χ1) is 9.15. The van der Waals surface area contributed by atoms with Gasteiger partial charge in [0.05, 0.1) is 6.61 Å². The van der Waals surface area contributed by atoms with E-state index >= 15 is 0 Å². The van der Waals surface area contributed by atoms with E-state index in [0.29, 0.717) is 26.1 Å². The topological polar surface area (TPSA) is 39.2 Å². The Morgan fingerprint density at radius 3 is 2.89 bits per heavy atom. The lowest BCUT2D eigenvalue weighted by Gasteiger charge is -2.05. The standard InChI is InChI=1S/C16H23NO2/c1-4-14-11-13(3)17-15(12-14)7-6-9-19-10-8-16(18)5-2/h4,11-12H,1,5-10H2,2-3H3. The summed E-state index contributed by atoms with van der Waals surface area (Å²) in [6.45, 7) is 8.85. The second-order valence-electron chi connectivity index (χ2n) is 4.60. The number of aryl methyl sites for hydroxylation is 2. The Balaban J connectivity index is 2.24. The van der Waals surface area contributed by atoms with Crippen LogP contribution >= 0.6 is 0 Å². The molecule has 0 atom stereocenters. The highest BCUT2D eigenvalue weighted by Crippen LogP contribution is 2.09. The number of rotatable bonds is 9. The van der Waals surface area contributed by atoms with Gasteiger partial charge in [0, 0.05) is 30.8 Å². The molecule has 3 heteroatoms. The number of nitrogens with zero attached hydrogens (tertiary/aromatic N) is 1. The van der Waals surface area contributed by atoms with Crippen LogP contribution in [0.3, 0.4) is 0 Å². The average molecular weight is 261 g/mol. The van der Waals surface area contributed by atoms with Gasteiger partial charge in [-0.1, -0.05) is 19.6 Å². The normalized spacial score (nSPS) is 10.4. The Kier molecular flexibility index (Phi) is 7.04. The molecular weight excluding hydrogens is 238 g/mol. The summed E-state index contributed by atoms with van der Waals surface area (Å²) in [6.07, 6.45) is 4.78. The van der Waals surface area contributed by atoms with Crippen molar-refractivity contribution >= 4 is 11.9 Å². The Bertz CT molecular complexity index is 427. The van der Waals surface area contributed by atoms with E-state index in [2.05, 4.69) is 17.6 Å². The average Bonchev–Trinajstić information content (AvgIpc) is 2.41. The SMILES string of the molecule is C=Cc1cc(C)nc(CCCOCCC(=O)CC)c1. The quantitative estimate of drug-likeness (QED) is 0.640. The van der Waals surface area contributed by atoms with E-state index in [0.717, 1.165) is 29.8 Å². The number of Topliss-reactive ketones (excluding diaryl/α,β-unsaturated/α-hetero) is 1. The van der Waals surface area contributed by atoms with Crippen LogP contribution in [0, 0.1) is 6.92 Å². The fourth-order valence-corrected chi connectivity index (χ4v) is 1.83. The van der Waals surface area contributed by atoms with E-state index in [9.17, 15) is 4.79 Å². The molecule has 1 heterocycles. The van der Waals surface area contributed by atoms with Crippen LogP contribution in [-0.4, -0.2) is 24.0 Å². The van der Waals surface area contributed by atoms with E-state index in [4.69, 9.17) is 4.74 Å². The summed E-state index contributed by atoms with van der Waals surface area (Å²) < 4.78 is 5.45. The first kappa shape index (κ1) is 15.6. The summed E-state index contributed by atoms with van der Waals surface area (Å²) in [5, 5.41) is 0. The number of ether oxygens (including phenoxy) is 1. The molecule has 0 bridgehead atoms. The van der Waals surface area contributed by atoms with Crippen molar-refractivity contribution < 1.29 is 9.53 Å². The van der Waals surface area contributed by atoms with E-state index in [-0.39, 0.29) is 5.78 Å². The molecule has 0 aromatic carbocycles. The molecule has 1 aromatic rings. The molecule has 0 aliphatic carbocycles. The van der Waals surface area contributed by atoms with Gasteiger partial charge in [-0.25, -0.2) is 0 Å². The molecule has 3 nitrogen and oxygen atoms in total. The minimum atomic E-state index is 0.260. The molecule has 1 aromatic heterocycles. The van der Waals surface area contributed by atoms with Crippen molar-refractivity contribution in [3.05, 3.63) is 35.7 Å². The predicted molar refractivity (Wildman–Crippen MR) is 78.1 cm³/mol. The van der Waals surface area contributed by atoms with Crippen molar-refractivity contribution in [3.8, 4) is 0 Å². The molecule has 104 valence electrons. The van der Waals surface area contributed by atoms with Gasteiger partial charge in [-0.2, -0.15) is 0 Å². The van der Waals surface area contributed by atoms with E-state index < -0.39 is 0 Å². The van der Waals surface area contributed by atoms with E-state index in [1.165, 1.54) is 0 Å². The Morgan fingerprint density at radius 2 is 2.21 bits per heavy atom. The lowest BCUT2D eigenvalue weighted by molar-refractivity contribution is -0.119. The van der Waals surface area contributed by atoms with Crippen LogP contribution < -0.4 is 0 Å². The zero-order chi connectivity index (χ0) is 14.1. The molecular formula is C16H23NO2. The monoisotopic (exact) mass is 261 g/mol. The van der Waals surface area contributed by atoms with Crippen LogP contribution in [0.2, 0.25) is 0 Å².